The molecule has 0 bridgehead atoms. The van der Waals surface area contributed by atoms with Gasteiger partial charge in [-0.1, -0.05) is 12.1 Å². The molecule has 3 rings (SSSR count). The molecule has 1 saturated heterocycles. The second-order valence-corrected chi connectivity index (χ2v) is 5.46. The van der Waals surface area contributed by atoms with Gasteiger partial charge in [0.2, 0.25) is 0 Å². The van der Waals surface area contributed by atoms with Gasteiger partial charge in [0.1, 0.15) is 11.9 Å². The van der Waals surface area contributed by atoms with Crippen molar-refractivity contribution >= 4 is 22.4 Å². The molecule has 1 atom stereocenters. The van der Waals surface area contributed by atoms with Gasteiger partial charge in [-0.2, -0.15) is 0 Å². The van der Waals surface area contributed by atoms with Crippen molar-refractivity contribution in [1.29, 1.82) is 0 Å². The summed E-state index contributed by atoms with van der Waals surface area (Å²) >= 11 is 1.30. The molecular formula is C14H14FN3O2S. The number of hydrogen-bond acceptors (Lipinski definition) is 5. The molecule has 0 spiro atoms. The molecule has 0 radical (unpaired) electrons. The summed E-state index contributed by atoms with van der Waals surface area (Å²) in [5, 5.41) is 8.08. The SMILES string of the molecule is O=C(Nc1nc(-c2cccc(F)c2)cs1)[C@H]1CNCCO1. The van der Waals surface area contributed by atoms with E-state index >= 15 is 0 Å². The molecule has 1 aromatic heterocycles. The van der Waals surface area contributed by atoms with Crippen LogP contribution in [0.4, 0.5) is 9.52 Å². The van der Waals surface area contributed by atoms with Crippen LogP contribution >= 0.6 is 11.3 Å². The maximum absolute atomic E-state index is 13.2. The maximum Gasteiger partial charge on any atom is 0.256 e. The van der Waals surface area contributed by atoms with E-state index in [0.29, 0.717) is 29.5 Å². The van der Waals surface area contributed by atoms with Gasteiger partial charge in [0.15, 0.2) is 5.13 Å². The lowest BCUT2D eigenvalue weighted by atomic mass is 10.2. The normalized spacial score (nSPS) is 18.4. The van der Waals surface area contributed by atoms with E-state index in [2.05, 4.69) is 15.6 Å². The summed E-state index contributed by atoms with van der Waals surface area (Å²) in [6.45, 7) is 1.77. The van der Waals surface area contributed by atoms with Crippen molar-refractivity contribution in [3.05, 3.63) is 35.5 Å². The number of thiazole rings is 1. The summed E-state index contributed by atoms with van der Waals surface area (Å²) in [5.41, 5.74) is 1.32. The zero-order valence-electron chi connectivity index (χ0n) is 11.1. The molecule has 0 unspecified atom stereocenters. The fraction of sp³-hybridized carbons (Fsp3) is 0.286. The van der Waals surface area contributed by atoms with Crippen molar-refractivity contribution in [3.8, 4) is 11.3 Å². The Bertz CT molecular complexity index is 641. The quantitative estimate of drug-likeness (QED) is 0.909. The molecule has 2 heterocycles. The zero-order valence-corrected chi connectivity index (χ0v) is 12.0. The number of morpholine rings is 1. The molecule has 2 aromatic rings. The molecule has 0 saturated carbocycles. The molecule has 1 fully saturated rings. The number of benzene rings is 1. The number of carbonyl (C=O) groups excluding carboxylic acids is 1. The Balaban J connectivity index is 1.69. The lowest BCUT2D eigenvalue weighted by molar-refractivity contribution is -0.128. The summed E-state index contributed by atoms with van der Waals surface area (Å²) < 4.78 is 18.6. The van der Waals surface area contributed by atoms with E-state index in [1.165, 1.54) is 23.5 Å². The molecule has 1 amide bonds. The number of nitrogens with zero attached hydrogens (tertiary/aromatic N) is 1. The van der Waals surface area contributed by atoms with Crippen molar-refractivity contribution in [1.82, 2.24) is 10.3 Å². The van der Waals surface area contributed by atoms with E-state index in [1.807, 2.05) is 0 Å². The molecular weight excluding hydrogens is 293 g/mol. The summed E-state index contributed by atoms with van der Waals surface area (Å²) in [5.74, 6) is -0.532. The molecule has 2 N–H and O–H groups in total. The number of amides is 1. The Morgan fingerprint density at radius 2 is 2.43 bits per heavy atom. The number of halogens is 1. The predicted octanol–water partition coefficient (Wildman–Crippen LogP) is 1.88. The van der Waals surface area contributed by atoms with Gasteiger partial charge in [-0.3, -0.25) is 10.1 Å². The van der Waals surface area contributed by atoms with Crippen LogP contribution in [0.2, 0.25) is 0 Å². The smallest absolute Gasteiger partial charge is 0.256 e. The Hall–Kier alpha value is -1.83. The van der Waals surface area contributed by atoms with Gasteiger partial charge in [0.05, 0.1) is 12.3 Å². The molecule has 1 aliphatic heterocycles. The summed E-state index contributed by atoms with van der Waals surface area (Å²) in [6, 6.07) is 6.20. The second-order valence-electron chi connectivity index (χ2n) is 4.60. The van der Waals surface area contributed by atoms with Crippen LogP contribution in [0.3, 0.4) is 0 Å². The van der Waals surface area contributed by atoms with Crippen molar-refractivity contribution in [3.63, 3.8) is 0 Å². The number of carbonyl (C=O) groups is 1. The van der Waals surface area contributed by atoms with Gasteiger partial charge in [0, 0.05) is 24.0 Å². The Labute approximate surface area is 125 Å². The minimum Gasteiger partial charge on any atom is -0.366 e. The van der Waals surface area contributed by atoms with Crippen LogP contribution in [0, 0.1) is 5.82 Å². The first kappa shape index (κ1) is 14.1. The third-order valence-corrected chi connectivity index (χ3v) is 3.83. The first-order valence-corrected chi connectivity index (χ1v) is 7.45. The molecule has 1 aromatic carbocycles. The van der Waals surface area contributed by atoms with Crippen molar-refractivity contribution in [2.75, 3.05) is 25.0 Å². The monoisotopic (exact) mass is 307 g/mol. The van der Waals surface area contributed by atoms with E-state index in [4.69, 9.17) is 4.74 Å². The van der Waals surface area contributed by atoms with E-state index in [0.717, 1.165) is 6.54 Å². The number of anilines is 1. The van der Waals surface area contributed by atoms with Gasteiger partial charge in [-0.05, 0) is 12.1 Å². The largest absolute Gasteiger partial charge is 0.366 e. The Morgan fingerprint density at radius 1 is 1.52 bits per heavy atom. The minimum atomic E-state index is -0.500. The number of aromatic nitrogens is 1. The lowest BCUT2D eigenvalue weighted by Gasteiger charge is -2.22. The average Bonchev–Trinajstić information content (AvgIpc) is 2.97. The van der Waals surface area contributed by atoms with Crippen LogP contribution in [0.25, 0.3) is 11.3 Å². The number of nitrogens with one attached hydrogen (secondary N) is 2. The van der Waals surface area contributed by atoms with Crippen LogP contribution in [0.1, 0.15) is 0 Å². The fourth-order valence-corrected chi connectivity index (χ4v) is 2.75. The topological polar surface area (TPSA) is 63.2 Å². The summed E-state index contributed by atoms with van der Waals surface area (Å²) in [6.07, 6.45) is -0.500. The van der Waals surface area contributed by atoms with Gasteiger partial charge >= 0.3 is 0 Å². The third-order valence-electron chi connectivity index (χ3n) is 3.07. The standard InChI is InChI=1S/C14H14FN3O2S/c15-10-3-1-2-9(6-10)11-8-21-14(17-11)18-13(19)12-7-16-4-5-20-12/h1-3,6,8,12,16H,4-5,7H2,(H,17,18,19)/t12-/m1/s1. The van der Waals surface area contributed by atoms with Gasteiger partial charge in [-0.15, -0.1) is 11.3 Å². The van der Waals surface area contributed by atoms with Crippen LogP contribution < -0.4 is 10.6 Å². The Morgan fingerprint density at radius 3 is 3.19 bits per heavy atom. The molecule has 1 aliphatic rings. The molecule has 7 heteroatoms. The third kappa shape index (κ3) is 3.44. The molecule has 21 heavy (non-hydrogen) atoms. The predicted molar refractivity (Wildman–Crippen MR) is 78.7 cm³/mol. The molecule has 5 nitrogen and oxygen atoms in total. The number of ether oxygens (including phenoxy) is 1. The van der Waals surface area contributed by atoms with E-state index in [9.17, 15) is 9.18 Å². The highest BCUT2D eigenvalue weighted by atomic mass is 32.1. The molecule has 110 valence electrons. The lowest BCUT2D eigenvalue weighted by Crippen LogP contribution is -2.45. The highest BCUT2D eigenvalue weighted by Gasteiger charge is 2.22. The molecule has 0 aliphatic carbocycles. The van der Waals surface area contributed by atoms with Crippen LogP contribution in [0.5, 0.6) is 0 Å². The zero-order chi connectivity index (χ0) is 14.7. The number of hydrogen-bond donors (Lipinski definition) is 2. The van der Waals surface area contributed by atoms with E-state index in [1.54, 1.807) is 17.5 Å². The number of rotatable bonds is 3. The second kappa shape index (κ2) is 6.30. The van der Waals surface area contributed by atoms with Gasteiger partial charge in [0.25, 0.3) is 5.91 Å². The van der Waals surface area contributed by atoms with E-state index in [-0.39, 0.29) is 11.7 Å². The maximum atomic E-state index is 13.2. The average molecular weight is 307 g/mol. The first-order valence-electron chi connectivity index (χ1n) is 6.57. The Kier molecular flexibility index (Phi) is 4.23. The minimum absolute atomic E-state index is 0.220. The summed E-state index contributed by atoms with van der Waals surface area (Å²) in [4.78, 5) is 16.3. The first-order chi connectivity index (χ1) is 10.2. The van der Waals surface area contributed by atoms with E-state index < -0.39 is 6.10 Å². The van der Waals surface area contributed by atoms with Crippen LogP contribution in [-0.4, -0.2) is 36.7 Å². The van der Waals surface area contributed by atoms with Crippen molar-refractivity contribution in [2.45, 2.75) is 6.10 Å². The van der Waals surface area contributed by atoms with Crippen LogP contribution in [0.15, 0.2) is 29.6 Å². The fourth-order valence-electron chi connectivity index (χ4n) is 2.03. The van der Waals surface area contributed by atoms with Crippen molar-refractivity contribution in [2.24, 2.45) is 0 Å². The highest BCUT2D eigenvalue weighted by Crippen LogP contribution is 2.25. The van der Waals surface area contributed by atoms with Crippen LogP contribution in [-0.2, 0) is 9.53 Å². The van der Waals surface area contributed by atoms with Gasteiger partial charge in [-0.25, -0.2) is 9.37 Å². The van der Waals surface area contributed by atoms with Gasteiger partial charge < -0.3 is 10.1 Å². The van der Waals surface area contributed by atoms with Crippen molar-refractivity contribution < 1.29 is 13.9 Å². The highest BCUT2D eigenvalue weighted by molar-refractivity contribution is 7.14. The summed E-state index contributed by atoms with van der Waals surface area (Å²) in [7, 11) is 0.